The minimum absolute atomic E-state index is 0.0324. The van der Waals surface area contributed by atoms with Gasteiger partial charge in [-0.3, -0.25) is 0 Å². The highest BCUT2D eigenvalue weighted by atomic mass is 32.2. The molecule has 0 radical (unpaired) electrons. The third-order valence-corrected chi connectivity index (χ3v) is 6.79. The van der Waals surface area contributed by atoms with Crippen molar-refractivity contribution >= 4 is 10.0 Å². The number of rotatable bonds is 2. The summed E-state index contributed by atoms with van der Waals surface area (Å²) in [6.45, 7) is 9.98. The molecular weight excluding hydrogens is 289 g/mol. The zero-order valence-electron chi connectivity index (χ0n) is 13.4. The van der Waals surface area contributed by atoms with Crippen molar-refractivity contribution in [3.8, 4) is 0 Å². The molecule has 0 aliphatic carbocycles. The molecule has 3 nitrogen and oxygen atoms in total. The molecule has 0 aromatic heterocycles. The number of hydrogen-bond acceptors (Lipinski definition) is 2. The summed E-state index contributed by atoms with van der Waals surface area (Å²) in [5.41, 5.74) is 0.955. The van der Waals surface area contributed by atoms with Gasteiger partial charge < -0.3 is 0 Å². The van der Waals surface area contributed by atoms with Gasteiger partial charge in [-0.05, 0) is 62.3 Å². The summed E-state index contributed by atoms with van der Waals surface area (Å²) in [6.07, 6.45) is 1.04. The Bertz CT molecular complexity index is 619. The summed E-state index contributed by atoms with van der Waals surface area (Å²) in [4.78, 5) is 0.261. The lowest BCUT2D eigenvalue weighted by molar-refractivity contribution is 0.157. The third kappa shape index (κ3) is 2.99. The lowest BCUT2D eigenvalue weighted by atomic mass is 9.88. The fourth-order valence-electron chi connectivity index (χ4n) is 3.40. The summed E-state index contributed by atoms with van der Waals surface area (Å²) in [5.74, 6) is 0.272. The summed E-state index contributed by atoms with van der Waals surface area (Å²) in [7, 11) is -3.59. The van der Waals surface area contributed by atoms with Crippen LogP contribution in [0.3, 0.4) is 0 Å². The molecule has 1 aliphatic heterocycles. The fraction of sp³-hybridized carbons (Fsp3) is 0.625. The van der Waals surface area contributed by atoms with Gasteiger partial charge in [-0.25, -0.2) is 12.8 Å². The van der Waals surface area contributed by atoms with Crippen molar-refractivity contribution < 1.29 is 12.8 Å². The van der Waals surface area contributed by atoms with E-state index >= 15 is 0 Å². The van der Waals surface area contributed by atoms with Crippen LogP contribution in [0.4, 0.5) is 4.39 Å². The van der Waals surface area contributed by atoms with E-state index in [4.69, 9.17) is 0 Å². The van der Waals surface area contributed by atoms with E-state index in [2.05, 4.69) is 13.8 Å². The molecule has 0 amide bonds. The Balaban J connectivity index is 2.52. The number of aryl methyl sites for hydroxylation is 2. The second-order valence-electron chi connectivity index (χ2n) is 6.50. The van der Waals surface area contributed by atoms with Crippen LogP contribution < -0.4 is 0 Å². The third-order valence-electron chi connectivity index (χ3n) is 4.54. The zero-order valence-corrected chi connectivity index (χ0v) is 14.2. The summed E-state index contributed by atoms with van der Waals surface area (Å²) < 4.78 is 41.1. The average Bonchev–Trinajstić information content (AvgIpc) is 2.31. The Morgan fingerprint density at radius 1 is 1.14 bits per heavy atom. The second kappa shape index (κ2) is 5.69. The molecule has 0 saturated carbocycles. The molecule has 0 N–H and O–H groups in total. The Morgan fingerprint density at radius 3 is 2.19 bits per heavy atom. The van der Waals surface area contributed by atoms with Crippen LogP contribution in [0.15, 0.2) is 17.0 Å². The SMILES string of the molecule is Cc1cc(F)cc(C)c1S(=O)(=O)N1CC(C)CC(C)C1C. The number of sulfonamides is 1. The Kier molecular flexibility index (Phi) is 4.45. The number of halogens is 1. The van der Waals surface area contributed by atoms with Crippen LogP contribution in [0.2, 0.25) is 0 Å². The molecule has 1 saturated heterocycles. The Labute approximate surface area is 127 Å². The van der Waals surface area contributed by atoms with E-state index in [0.29, 0.717) is 29.5 Å². The van der Waals surface area contributed by atoms with Crippen LogP contribution in [0.1, 0.15) is 38.3 Å². The lowest BCUT2D eigenvalue weighted by Gasteiger charge is -2.40. The van der Waals surface area contributed by atoms with E-state index in [0.717, 1.165) is 6.42 Å². The molecule has 0 bridgehead atoms. The number of nitrogens with zero attached hydrogens (tertiary/aromatic N) is 1. The van der Waals surface area contributed by atoms with Crippen molar-refractivity contribution in [2.75, 3.05) is 6.54 Å². The molecule has 2 rings (SSSR count). The monoisotopic (exact) mass is 313 g/mol. The highest BCUT2D eigenvalue weighted by Gasteiger charge is 2.38. The minimum Gasteiger partial charge on any atom is -0.207 e. The molecule has 0 spiro atoms. The van der Waals surface area contributed by atoms with Crippen molar-refractivity contribution in [3.63, 3.8) is 0 Å². The molecule has 1 heterocycles. The highest BCUT2D eigenvalue weighted by Crippen LogP contribution is 2.33. The maximum atomic E-state index is 13.4. The van der Waals surface area contributed by atoms with Gasteiger partial charge in [0.25, 0.3) is 0 Å². The first-order chi connectivity index (χ1) is 9.64. The minimum atomic E-state index is -3.59. The van der Waals surface area contributed by atoms with Gasteiger partial charge in [0.15, 0.2) is 0 Å². The molecule has 3 atom stereocenters. The zero-order chi connectivity index (χ0) is 15.9. The molecule has 1 aromatic carbocycles. The van der Waals surface area contributed by atoms with E-state index in [-0.39, 0.29) is 10.9 Å². The van der Waals surface area contributed by atoms with Crippen LogP contribution in [-0.4, -0.2) is 25.3 Å². The van der Waals surface area contributed by atoms with Crippen LogP contribution in [-0.2, 0) is 10.0 Å². The quantitative estimate of drug-likeness (QED) is 0.838. The second-order valence-corrected chi connectivity index (χ2v) is 8.33. The Morgan fingerprint density at radius 2 is 1.67 bits per heavy atom. The molecule has 3 unspecified atom stereocenters. The molecule has 5 heteroatoms. The molecular formula is C16H24FNO2S. The van der Waals surface area contributed by atoms with Gasteiger partial charge in [0.1, 0.15) is 5.82 Å². The smallest absolute Gasteiger partial charge is 0.207 e. The largest absolute Gasteiger partial charge is 0.243 e. The van der Waals surface area contributed by atoms with E-state index < -0.39 is 15.8 Å². The van der Waals surface area contributed by atoms with Crippen molar-refractivity contribution in [1.29, 1.82) is 0 Å². The first-order valence-electron chi connectivity index (χ1n) is 7.43. The predicted molar refractivity (Wildman–Crippen MR) is 82.2 cm³/mol. The average molecular weight is 313 g/mol. The van der Waals surface area contributed by atoms with Crippen LogP contribution in [0, 0.1) is 31.5 Å². The van der Waals surface area contributed by atoms with Gasteiger partial charge in [0, 0.05) is 12.6 Å². The molecule has 1 aliphatic rings. The van der Waals surface area contributed by atoms with Gasteiger partial charge in [0.05, 0.1) is 4.90 Å². The van der Waals surface area contributed by atoms with E-state index in [9.17, 15) is 12.8 Å². The van der Waals surface area contributed by atoms with Gasteiger partial charge in [-0.15, -0.1) is 0 Å². The van der Waals surface area contributed by atoms with Crippen LogP contribution >= 0.6 is 0 Å². The molecule has 1 fully saturated rings. The summed E-state index contributed by atoms with van der Waals surface area (Å²) >= 11 is 0. The predicted octanol–water partition coefficient (Wildman–Crippen LogP) is 3.50. The van der Waals surface area contributed by atoms with Crippen molar-refractivity contribution in [3.05, 3.63) is 29.1 Å². The van der Waals surface area contributed by atoms with Crippen molar-refractivity contribution in [1.82, 2.24) is 4.31 Å². The van der Waals surface area contributed by atoms with Gasteiger partial charge >= 0.3 is 0 Å². The highest BCUT2D eigenvalue weighted by molar-refractivity contribution is 7.89. The van der Waals surface area contributed by atoms with Gasteiger partial charge in [0.2, 0.25) is 10.0 Å². The standard InChI is InChI=1S/C16H24FNO2S/c1-10-6-11(2)14(5)18(9-10)21(19,20)16-12(3)7-15(17)8-13(16)4/h7-8,10-11,14H,6,9H2,1-5H3. The van der Waals surface area contributed by atoms with Gasteiger partial charge in [-0.2, -0.15) is 4.31 Å². The number of hydrogen-bond donors (Lipinski definition) is 0. The normalized spacial score (nSPS) is 27.8. The lowest BCUT2D eigenvalue weighted by Crippen LogP contribution is -2.49. The summed E-state index contributed by atoms with van der Waals surface area (Å²) in [5, 5.41) is 0. The molecule has 1 aromatic rings. The first kappa shape index (κ1) is 16.4. The van der Waals surface area contributed by atoms with E-state index in [1.807, 2.05) is 6.92 Å². The number of piperidine rings is 1. The number of benzene rings is 1. The Hall–Kier alpha value is -0.940. The summed E-state index contributed by atoms with van der Waals surface area (Å²) in [6, 6.07) is 2.55. The topological polar surface area (TPSA) is 37.4 Å². The van der Waals surface area contributed by atoms with Crippen LogP contribution in [0.25, 0.3) is 0 Å². The first-order valence-corrected chi connectivity index (χ1v) is 8.87. The molecule has 21 heavy (non-hydrogen) atoms. The van der Waals surface area contributed by atoms with E-state index in [1.54, 1.807) is 18.2 Å². The maximum absolute atomic E-state index is 13.4. The maximum Gasteiger partial charge on any atom is 0.243 e. The fourth-order valence-corrected chi connectivity index (χ4v) is 5.66. The van der Waals surface area contributed by atoms with Crippen molar-refractivity contribution in [2.45, 2.75) is 52.0 Å². The van der Waals surface area contributed by atoms with E-state index in [1.165, 1.54) is 12.1 Å². The van der Waals surface area contributed by atoms with Crippen LogP contribution in [0.5, 0.6) is 0 Å². The molecule has 118 valence electrons. The van der Waals surface area contributed by atoms with Gasteiger partial charge in [-0.1, -0.05) is 13.8 Å². The van der Waals surface area contributed by atoms with Crippen molar-refractivity contribution in [2.24, 2.45) is 11.8 Å².